The normalized spacial score (nSPS) is 17.0. The summed E-state index contributed by atoms with van der Waals surface area (Å²) in [6, 6.07) is 13.8. The van der Waals surface area contributed by atoms with E-state index in [4.69, 9.17) is 4.52 Å². The number of hydrogen-bond acceptors (Lipinski definition) is 6. The van der Waals surface area contributed by atoms with E-state index in [2.05, 4.69) is 39.4 Å². The first-order valence-electron chi connectivity index (χ1n) is 8.38. The zero-order chi connectivity index (χ0) is 17.9. The standard InChI is InChI=1S/C19H18N4O2S/c1-26-15-7-5-13(6-8-15)11-23-12-14(10-17(23)24)18-21-19(25-22-18)16-4-2-3-9-20-16/h2-9,14H,10-12H2,1H3. The lowest BCUT2D eigenvalue weighted by atomic mass is 10.1. The van der Waals surface area contributed by atoms with Crippen LogP contribution in [0.15, 0.2) is 58.1 Å². The first kappa shape index (κ1) is 16.8. The van der Waals surface area contributed by atoms with E-state index in [1.165, 1.54) is 4.90 Å². The van der Waals surface area contributed by atoms with E-state index < -0.39 is 0 Å². The van der Waals surface area contributed by atoms with Crippen molar-refractivity contribution < 1.29 is 9.32 Å². The first-order valence-corrected chi connectivity index (χ1v) is 9.61. The van der Waals surface area contributed by atoms with Gasteiger partial charge < -0.3 is 9.42 Å². The summed E-state index contributed by atoms with van der Waals surface area (Å²) in [6.45, 7) is 1.21. The fourth-order valence-electron chi connectivity index (χ4n) is 3.04. The van der Waals surface area contributed by atoms with E-state index in [1.54, 1.807) is 18.0 Å². The van der Waals surface area contributed by atoms with Gasteiger partial charge in [0.05, 0.1) is 0 Å². The molecule has 0 N–H and O–H groups in total. The number of rotatable bonds is 5. The second kappa shape index (κ2) is 7.29. The average Bonchev–Trinajstić information content (AvgIpc) is 3.31. The Morgan fingerprint density at radius 2 is 2.08 bits per heavy atom. The third-order valence-electron chi connectivity index (χ3n) is 4.44. The molecule has 4 rings (SSSR count). The number of amides is 1. The van der Waals surface area contributed by atoms with Crippen molar-refractivity contribution in [3.8, 4) is 11.6 Å². The summed E-state index contributed by atoms with van der Waals surface area (Å²) in [5.74, 6) is 1.03. The summed E-state index contributed by atoms with van der Waals surface area (Å²) in [6.07, 6.45) is 4.14. The Labute approximate surface area is 155 Å². The lowest BCUT2D eigenvalue weighted by Crippen LogP contribution is -2.24. The maximum atomic E-state index is 12.4. The molecule has 3 aromatic rings. The highest BCUT2D eigenvalue weighted by Gasteiger charge is 2.33. The molecule has 0 saturated carbocycles. The van der Waals surface area contributed by atoms with Crippen LogP contribution in [0.2, 0.25) is 0 Å². The van der Waals surface area contributed by atoms with Crippen molar-refractivity contribution in [3.63, 3.8) is 0 Å². The van der Waals surface area contributed by atoms with Crippen molar-refractivity contribution in [2.24, 2.45) is 0 Å². The van der Waals surface area contributed by atoms with Gasteiger partial charge in [0, 0.05) is 36.5 Å². The topological polar surface area (TPSA) is 72.1 Å². The molecule has 1 unspecified atom stereocenters. The second-order valence-corrected chi connectivity index (χ2v) is 7.08. The minimum Gasteiger partial charge on any atom is -0.338 e. The van der Waals surface area contributed by atoms with Crippen LogP contribution in [-0.4, -0.2) is 38.7 Å². The van der Waals surface area contributed by atoms with Gasteiger partial charge >= 0.3 is 0 Å². The molecule has 1 fully saturated rings. The molecule has 0 radical (unpaired) electrons. The van der Waals surface area contributed by atoms with E-state index in [-0.39, 0.29) is 11.8 Å². The van der Waals surface area contributed by atoms with Crippen molar-refractivity contribution in [2.75, 3.05) is 12.8 Å². The van der Waals surface area contributed by atoms with Crippen molar-refractivity contribution in [1.29, 1.82) is 0 Å². The quantitative estimate of drug-likeness (QED) is 0.645. The molecule has 0 spiro atoms. The Balaban J connectivity index is 1.45. The number of carbonyl (C=O) groups excluding carboxylic acids is 1. The van der Waals surface area contributed by atoms with E-state index in [1.807, 2.05) is 29.4 Å². The summed E-state index contributed by atoms with van der Waals surface area (Å²) in [4.78, 5) is 24.1. The summed E-state index contributed by atoms with van der Waals surface area (Å²) in [7, 11) is 0. The minimum atomic E-state index is -0.0471. The van der Waals surface area contributed by atoms with Gasteiger partial charge in [0.1, 0.15) is 5.69 Å². The number of hydrogen-bond donors (Lipinski definition) is 0. The molecule has 1 aliphatic heterocycles. The van der Waals surface area contributed by atoms with Crippen LogP contribution < -0.4 is 0 Å². The van der Waals surface area contributed by atoms with Gasteiger partial charge in [-0.15, -0.1) is 11.8 Å². The summed E-state index contributed by atoms with van der Waals surface area (Å²) < 4.78 is 5.32. The van der Waals surface area contributed by atoms with E-state index >= 15 is 0 Å². The Morgan fingerprint density at radius 1 is 1.23 bits per heavy atom. The van der Waals surface area contributed by atoms with E-state index in [9.17, 15) is 4.79 Å². The smallest absolute Gasteiger partial charge is 0.276 e. The third-order valence-corrected chi connectivity index (χ3v) is 5.18. The van der Waals surface area contributed by atoms with E-state index in [0.717, 1.165) is 5.56 Å². The molecular weight excluding hydrogens is 348 g/mol. The predicted molar refractivity (Wildman–Crippen MR) is 98.5 cm³/mol. The van der Waals surface area contributed by atoms with Gasteiger partial charge in [-0.25, -0.2) is 0 Å². The maximum absolute atomic E-state index is 12.4. The van der Waals surface area contributed by atoms with Gasteiger partial charge in [-0.3, -0.25) is 9.78 Å². The third kappa shape index (κ3) is 3.48. The summed E-state index contributed by atoms with van der Waals surface area (Å²) in [5.41, 5.74) is 1.76. The lowest BCUT2D eigenvalue weighted by molar-refractivity contribution is -0.128. The predicted octanol–water partition coefficient (Wildman–Crippen LogP) is 3.37. The number of benzene rings is 1. The molecule has 1 atom stereocenters. The second-order valence-electron chi connectivity index (χ2n) is 6.20. The number of likely N-dealkylation sites (tertiary alicyclic amines) is 1. The molecule has 0 bridgehead atoms. The monoisotopic (exact) mass is 366 g/mol. The fraction of sp³-hybridized carbons (Fsp3) is 0.263. The highest BCUT2D eigenvalue weighted by atomic mass is 32.2. The van der Waals surface area contributed by atoms with Gasteiger partial charge in [-0.2, -0.15) is 4.98 Å². The van der Waals surface area contributed by atoms with Gasteiger partial charge in [-0.05, 0) is 36.1 Å². The van der Waals surface area contributed by atoms with Crippen LogP contribution in [0.5, 0.6) is 0 Å². The van der Waals surface area contributed by atoms with Crippen molar-refractivity contribution >= 4 is 17.7 Å². The molecule has 1 saturated heterocycles. The lowest BCUT2D eigenvalue weighted by Gasteiger charge is -2.16. The molecule has 0 aliphatic carbocycles. The number of pyridine rings is 1. The highest BCUT2D eigenvalue weighted by molar-refractivity contribution is 7.98. The zero-order valence-electron chi connectivity index (χ0n) is 14.3. The highest BCUT2D eigenvalue weighted by Crippen LogP contribution is 2.29. The minimum absolute atomic E-state index is 0.0471. The molecule has 1 amide bonds. The molecule has 1 aliphatic rings. The number of aromatic nitrogens is 3. The van der Waals surface area contributed by atoms with Crippen molar-refractivity contribution in [1.82, 2.24) is 20.0 Å². The number of thioether (sulfide) groups is 1. The van der Waals surface area contributed by atoms with Gasteiger partial charge in [0.25, 0.3) is 5.89 Å². The first-order chi connectivity index (χ1) is 12.7. The number of carbonyl (C=O) groups is 1. The van der Waals surface area contributed by atoms with Crippen molar-refractivity contribution in [2.45, 2.75) is 23.8 Å². The zero-order valence-corrected chi connectivity index (χ0v) is 15.1. The Morgan fingerprint density at radius 3 is 2.81 bits per heavy atom. The van der Waals surface area contributed by atoms with Crippen LogP contribution in [0.4, 0.5) is 0 Å². The molecule has 1 aromatic carbocycles. The van der Waals surface area contributed by atoms with E-state index in [0.29, 0.717) is 36.9 Å². The number of nitrogens with zero attached hydrogens (tertiary/aromatic N) is 4. The maximum Gasteiger partial charge on any atom is 0.276 e. The molecule has 26 heavy (non-hydrogen) atoms. The Kier molecular flexibility index (Phi) is 4.71. The molecular formula is C19H18N4O2S. The fourth-order valence-corrected chi connectivity index (χ4v) is 3.45. The van der Waals surface area contributed by atoms with Gasteiger partial charge in [-0.1, -0.05) is 23.4 Å². The Hall–Kier alpha value is -2.67. The molecule has 2 aromatic heterocycles. The Bertz CT molecular complexity index is 895. The molecule has 3 heterocycles. The van der Waals surface area contributed by atoms with Gasteiger partial charge in [0.2, 0.25) is 5.91 Å². The van der Waals surface area contributed by atoms with Crippen LogP contribution >= 0.6 is 11.8 Å². The van der Waals surface area contributed by atoms with Gasteiger partial charge in [0.15, 0.2) is 5.82 Å². The van der Waals surface area contributed by atoms with Crippen LogP contribution in [0.25, 0.3) is 11.6 Å². The largest absolute Gasteiger partial charge is 0.338 e. The summed E-state index contributed by atoms with van der Waals surface area (Å²) in [5, 5.41) is 4.07. The van der Waals surface area contributed by atoms with Crippen LogP contribution in [0.3, 0.4) is 0 Å². The molecule has 6 nitrogen and oxygen atoms in total. The molecule has 7 heteroatoms. The molecule has 132 valence electrons. The van der Waals surface area contributed by atoms with Crippen LogP contribution in [0.1, 0.15) is 23.7 Å². The summed E-state index contributed by atoms with van der Waals surface area (Å²) >= 11 is 1.71. The van der Waals surface area contributed by atoms with Crippen LogP contribution in [0, 0.1) is 0 Å². The average molecular weight is 366 g/mol. The van der Waals surface area contributed by atoms with Crippen LogP contribution in [-0.2, 0) is 11.3 Å². The SMILES string of the molecule is CSc1ccc(CN2CC(c3noc(-c4ccccn4)n3)CC2=O)cc1. The van der Waals surface area contributed by atoms with Crippen molar-refractivity contribution in [3.05, 3.63) is 60.0 Å².